The second-order valence-electron chi connectivity index (χ2n) is 6.75. The van der Waals surface area contributed by atoms with Crippen LogP contribution in [0.5, 0.6) is 11.5 Å². The number of nitrogens with one attached hydrogen (secondary N) is 1. The summed E-state index contributed by atoms with van der Waals surface area (Å²) < 4.78 is 44.5. The highest BCUT2D eigenvalue weighted by atomic mass is 32.2. The van der Waals surface area contributed by atoms with Crippen molar-refractivity contribution in [3.05, 3.63) is 83.4 Å². The summed E-state index contributed by atoms with van der Waals surface area (Å²) in [6, 6.07) is 18.2. The molecule has 3 aromatic rings. The van der Waals surface area contributed by atoms with Crippen LogP contribution in [0.15, 0.2) is 71.6 Å². The Morgan fingerprint density at radius 1 is 0.938 bits per heavy atom. The molecule has 3 aromatic carbocycles. The lowest BCUT2D eigenvalue weighted by Gasteiger charge is -2.21. The number of carbonyl (C=O) groups is 1. The molecule has 0 atom stereocenters. The fourth-order valence-corrected chi connectivity index (χ4v) is 4.33. The van der Waals surface area contributed by atoms with Gasteiger partial charge in [0.25, 0.3) is 10.0 Å². The number of hydrogen-bond acceptors (Lipinski definition) is 6. The zero-order chi connectivity index (χ0) is 22.6. The van der Waals surface area contributed by atoms with Gasteiger partial charge >= 0.3 is 5.97 Å². The van der Waals surface area contributed by atoms with E-state index in [1.165, 1.54) is 13.2 Å². The number of para-hydroxylation sites is 2. The maximum absolute atomic E-state index is 13.1. The highest BCUT2D eigenvalue weighted by molar-refractivity contribution is 7.92. The van der Waals surface area contributed by atoms with Gasteiger partial charge in [0.2, 0.25) is 0 Å². The normalized spacial score (nSPS) is 12.3. The first-order valence-electron chi connectivity index (χ1n) is 9.69. The molecule has 1 heterocycles. The van der Waals surface area contributed by atoms with Gasteiger partial charge in [-0.05, 0) is 48.5 Å². The maximum Gasteiger partial charge on any atom is 0.337 e. The number of sulfonamides is 1. The average Bonchev–Trinajstić information content (AvgIpc) is 2.82. The second-order valence-corrected chi connectivity index (χ2v) is 8.40. The minimum atomic E-state index is -3.95. The first kappa shape index (κ1) is 21.3. The van der Waals surface area contributed by atoms with Gasteiger partial charge in [0.1, 0.15) is 18.1 Å². The van der Waals surface area contributed by atoms with Crippen LogP contribution in [0.2, 0.25) is 0 Å². The Morgan fingerprint density at radius 3 is 2.47 bits per heavy atom. The molecule has 1 aliphatic heterocycles. The van der Waals surface area contributed by atoms with Crippen LogP contribution in [-0.4, -0.2) is 34.7 Å². The van der Waals surface area contributed by atoms with Crippen molar-refractivity contribution in [3.8, 4) is 23.3 Å². The predicted molar refractivity (Wildman–Crippen MR) is 118 cm³/mol. The zero-order valence-electron chi connectivity index (χ0n) is 17.1. The third-order valence-corrected chi connectivity index (χ3v) is 6.03. The third-order valence-electron chi connectivity index (χ3n) is 4.64. The Labute approximate surface area is 186 Å². The van der Waals surface area contributed by atoms with Crippen molar-refractivity contribution in [2.75, 3.05) is 25.0 Å². The summed E-state index contributed by atoms with van der Waals surface area (Å²) in [5.74, 6) is 6.12. The topological polar surface area (TPSA) is 90.9 Å². The van der Waals surface area contributed by atoms with Gasteiger partial charge in [0, 0.05) is 11.1 Å². The van der Waals surface area contributed by atoms with Gasteiger partial charge in [-0.15, -0.1) is 0 Å². The third kappa shape index (κ3) is 4.53. The van der Waals surface area contributed by atoms with E-state index in [2.05, 4.69) is 21.3 Å². The number of hydrogen-bond donors (Lipinski definition) is 1. The second kappa shape index (κ2) is 9.04. The Balaban J connectivity index is 1.61. The van der Waals surface area contributed by atoms with Crippen LogP contribution in [0, 0.1) is 11.8 Å². The number of carbonyl (C=O) groups excluding carboxylic acids is 1. The average molecular weight is 449 g/mol. The van der Waals surface area contributed by atoms with Crippen LogP contribution in [-0.2, 0) is 14.8 Å². The van der Waals surface area contributed by atoms with Crippen molar-refractivity contribution in [2.24, 2.45) is 0 Å². The summed E-state index contributed by atoms with van der Waals surface area (Å²) in [6.45, 7) is 0.638. The molecule has 0 aromatic heterocycles. The van der Waals surface area contributed by atoms with Gasteiger partial charge < -0.3 is 14.2 Å². The fourth-order valence-electron chi connectivity index (χ4n) is 3.09. The summed E-state index contributed by atoms with van der Waals surface area (Å²) >= 11 is 0. The molecule has 0 radical (unpaired) electrons. The largest absolute Gasteiger partial charge is 0.486 e. The Morgan fingerprint density at radius 2 is 1.69 bits per heavy atom. The van der Waals surface area contributed by atoms with Crippen molar-refractivity contribution in [3.63, 3.8) is 0 Å². The molecule has 0 saturated heterocycles. The Hall–Kier alpha value is -3.96. The number of esters is 1. The van der Waals surface area contributed by atoms with Crippen LogP contribution in [0.3, 0.4) is 0 Å². The van der Waals surface area contributed by atoms with Gasteiger partial charge in [-0.3, -0.25) is 4.72 Å². The summed E-state index contributed by atoms with van der Waals surface area (Å²) in [5.41, 5.74) is 1.91. The molecule has 0 saturated carbocycles. The zero-order valence-corrected chi connectivity index (χ0v) is 17.9. The molecular weight excluding hydrogens is 430 g/mol. The predicted octanol–water partition coefficient (Wildman–Crippen LogP) is 3.45. The molecule has 0 fully saturated rings. The Bertz CT molecular complexity index is 1320. The number of rotatable bonds is 4. The van der Waals surface area contributed by atoms with Gasteiger partial charge in [0.15, 0.2) is 11.5 Å². The van der Waals surface area contributed by atoms with Gasteiger partial charge in [-0.1, -0.05) is 30.0 Å². The molecule has 0 unspecified atom stereocenters. The molecule has 162 valence electrons. The fraction of sp³-hybridized carbons (Fsp3) is 0.125. The molecule has 7 nitrogen and oxygen atoms in total. The van der Waals surface area contributed by atoms with Gasteiger partial charge in [-0.25, -0.2) is 13.2 Å². The maximum atomic E-state index is 13.1. The van der Waals surface area contributed by atoms with E-state index < -0.39 is 16.0 Å². The summed E-state index contributed by atoms with van der Waals surface area (Å²) in [5, 5.41) is 0. The van der Waals surface area contributed by atoms with Crippen LogP contribution in [0.4, 0.5) is 5.69 Å². The highest BCUT2D eigenvalue weighted by Gasteiger charge is 2.25. The molecule has 0 bridgehead atoms. The van der Waals surface area contributed by atoms with Crippen molar-refractivity contribution in [2.45, 2.75) is 4.90 Å². The number of methoxy groups -OCH3 is 1. The van der Waals surface area contributed by atoms with Crippen LogP contribution in [0.25, 0.3) is 0 Å². The van der Waals surface area contributed by atoms with Gasteiger partial charge in [0.05, 0.1) is 18.4 Å². The molecule has 0 aliphatic carbocycles. The lowest BCUT2D eigenvalue weighted by atomic mass is 10.1. The number of fused-ring (bicyclic) bond motifs is 1. The quantitative estimate of drug-likeness (QED) is 0.485. The lowest BCUT2D eigenvalue weighted by molar-refractivity contribution is 0.0600. The molecular formula is C24H19NO6S. The van der Waals surface area contributed by atoms with E-state index in [0.717, 1.165) is 0 Å². The standard InChI is InChI=1S/C24H19NO6S/c1-29-24(26)19-13-10-17(11-14-19)9-12-18-5-2-3-6-20(18)25-32(27,28)22-8-4-7-21-23(22)31-16-15-30-21/h2-8,10-11,13-14,25H,15-16H2,1H3. The van der Waals surface area contributed by atoms with Crippen LogP contribution < -0.4 is 14.2 Å². The van der Waals surface area contributed by atoms with Crippen molar-refractivity contribution < 1.29 is 27.4 Å². The Kier molecular flexibility index (Phi) is 6.01. The van der Waals surface area contributed by atoms with Crippen molar-refractivity contribution in [1.82, 2.24) is 0 Å². The van der Waals surface area contributed by atoms with E-state index in [4.69, 9.17) is 9.47 Å². The van der Waals surface area contributed by atoms with Gasteiger partial charge in [-0.2, -0.15) is 0 Å². The van der Waals surface area contributed by atoms with Crippen molar-refractivity contribution >= 4 is 21.7 Å². The van der Waals surface area contributed by atoms with Crippen LogP contribution in [0.1, 0.15) is 21.5 Å². The van der Waals surface area contributed by atoms with E-state index in [0.29, 0.717) is 34.7 Å². The first-order chi connectivity index (χ1) is 15.5. The smallest absolute Gasteiger partial charge is 0.337 e. The molecule has 4 rings (SSSR count). The molecule has 0 amide bonds. The van der Waals surface area contributed by atoms with E-state index in [1.807, 2.05) is 0 Å². The first-order valence-corrected chi connectivity index (χ1v) is 11.2. The molecule has 1 aliphatic rings. The molecule has 8 heteroatoms. The summed E-state index contributed by atoms with van der Waals surface area (Å²) in [6.07, 6.45) is 0. The number of ether oxygens (including phenoxy) is 3. The number of anilines is 1. The van der Waals surface area contributed by atoms with E-state index >= 15 is 0 Å². The van der Waals surface area contributed by atoms with Crippen molar-refractivity contribution in [1.29, 1.82) is 0 Å². The molecule has 0 spiro atoms. The van der Waals surface area contributed by atoms with E-state index in [9.17, 15) is 13.2 Å². The lowest BCUT2D eigenvalue weighted by Crippen LogP contribution is -2.20. The highest BCUT2D eigenvalue weighted by Crippen LogP contribution is 2.37. The summed E-state index contributed by atoms with van der Waals surface area (Å²) in [7, 11) is -2.63. The number of benzene rings is 3. The molecule has 32 heavy (non-hydrogen) atoms. The monoisotopic (exact) mass is 449 g/mol. The SMILES string of the molecule is COC(=O)c1ccc(C#Cc2ccccc2NS(=O)(=O)c2cccc3c2OCCO3)cc1. The van der Waals surface area contributed by atoms with Crippen LogP contribution >= 0.6 is 0 Å². The van der Waals surface area contributed by atoms with E-state index in [1.54, 1.807) is 60.7 Å². The minimum absolute atomic E-state index is 0.00383. The minimum Gasteiger partial charge on any atom is -0.486 e. The molecule has 1 N–H and O–H groups in total. The summed E-state index contributed by atoms with van der Waals surface area (Å²) in [4.78, 5) is 11.5. The van der Waals surface area contributed by atoms with E-state index in [-0.39, 0.29) is 17.3 Å².